The first-order valence-corrected chi connectivity index (χ1v) is 8.71. The lowest BCUT2D eigenvalue weighted by atomic mass is 10.1. The number of carbonyl (C=O) groups is 4. The molecule has 0 saturated carbocycles. The lowest BCUT2D eigenvalue weighted by molar-refractivity contribution is -0.152. The summed E-state index contributed by atoms with van der Waals surface area (Å²) in [4.78, 5) is 49.3. The minimum atomic E-state index is -0.605. The van der Waals surface area contributed by atoms with Gasteiger partial charge in [0.15, 0.2) is 6.61 Å². The Hall–Kier alpha value is -2.70. The van der Waals surface area contributed by atoms with Crippen LogP contribution in [0.1, 0.15) is 37.3 Å². The first-order valence-electron chi connectivity index (χ1n) is 8.71. The first-order chi connectivity index (χ1) is 12.4. The third kappa shape index (κ3) is 5.40. The molecule has 0 aromatic heterocycles. The average Bonchev–Trinajstić information content (AvgIpc) is 2.96. The zero-order valence-electron chi connectivity index (χ0n) is 15.2. The maximum absolute atomic E-state index is 12.1. The van der Waals surface area contributed by atoms with Crippen molar-refractivity contribution in [3.05, 3.63) is 35.4 Å². The number of aryl methyl sites for hydroxylation is 1. The van der Waals surface area contributed by atoms with E-state index in [9.17, 15) is 19.2 Å². The molecule has 1 saturated heterocycles. The number of hydrogen-bond donors (Lipinski definition) is 0. The number of hydrogen-bond acceptors (Lipinski definition) is 5. The van der Waals surface area contributed by atoms with Crippen LogP contribution in [0, 0.1) is 0 Å². The molecule has 0 spiro atoms. The first kappa shape index (κ1) is 19.6. The van der Waals surface area contributed by atoms with Gasteiger partial charge in [-0.05, 0) is 17.5 Å². The number of amides is 3. The van der Waals surface area contributed by atoms with E-state index in [0.717, 1.165) is 16.9 Å². The molecule has 1 aromatic carbocycles. The average molecular weight is 360 g/mol. The quantitative estimate of drug-likeness (QED) is 0.515. The standard InChI is InChI=1S/C19H24N2O5/c1-3-14-4-6-15(7-5-14)12-20(2)18(24)13-26-19(25)10-11-21-16(22)8-9-17(21)23/h4-7H,3,8-13H2,1-2H3. The molecule has 1 heterocycles. The zero-order valence-corrected chi connectivity index (χ0v) is 15.2. The summed E-state index contributed by atoms with van der Waals surface area (Å²) in [5.41, 5.74) is 2.22. The third-order valence-electron chi connectivity index (χ3n) is 4.33. The Bertz CT molecular complexity index is 668. The Morgan fingerprint density at radius 3 is 2.23 bits per heavy atom. The highest BCUT2D eigenvalue weighted by atomic mass is 16.5. The van der Waals surface area contributed by atoms with Crippen LogP contribution in [0.3, 0.4) is 0 Å². The normalized spacial score (nSPS) is 13.8. The summed E-state index contributed by atoms with van der Waals surface area (Å²) in [7, 11) is 1.64. The summed E-state index contributed by atoms with van der Waals surface area (Å²) in [6.45, 7) is 2.15. The van der Waals surface area contributed by atoms with Gasteiger partial charge in [0.25, 0.3) is 5.91 Å². The number of likely N-dealkylation sites (tertiary alicyclic amines) is 1. The molecule has 7 heteroatoms. The van der Waals surface area contributed by atoms with Crippen molar-refractivity contribution in [2.75, 3.05) is 20.2 Å². The molecule has 1 aromatic rings. The molecule has 0 N–H and O–H groups in total. The molecule has 0 unspecified atom stereocenters. The fourth-order valence-electron chi connectivity index (χ4n) is 2.64. The number of nitrogens with zero attached hydrogens (tertiary/aromatic N) is 2. The van der Waals surface area contributed by atoms with Gasteiger partial charge in [0.05, 0.1) is 6.42 Å². The van der Waals surface area contributed by atoms with Crippen molar-refractivity contribution < 1.29 is 23.9 Å². The number of benzene rings is 1. The highest BCUT2D eigenvalue weighted by Gasteiger charge is 2.29. The van der Waals surface area contributed by atoms with Crippen molar-refractivity contribution in [1.82, 2.24) is 9.80 Å². The Labute approximate surface area is 152 Å². The Kier molecular flexibility index (Phi) is 6.89. The van der Waals surface area contributed by atoms with E-state index in [0.29, 0.717) is 6.54 Å². The van der Waals surface area contributed by atoms with Crippen LogP contribution in [0.25, 0.3) is 0 Å². The summed E-state index contributed by atoms with van der Waals surface area (Å²) in [5, 5.41) is 0. The van der Waals surface area contributed by atoms with E-state index in [1.807, 2.05) is 24.3 Å². The molecule has 1 aliphatic heterocycles. The van der Waals surface area contributed by atoms with Gasteiger partial charge < -0.3 is 9.64 Å². The van der Waals surface area contributed by atoms with E-state index in [2.05, 4.69) is 6.92 Å². The number of carbonyl (C=O) groups excluding carboxylic acids is 4. The SMILES string of the molecule is CCc1ccc(CN(C)C(=O)COC(=O)CCN2C(=O)CCC2=O)cc1. The van der Waals surface area contributed by atoms with E-state index in [-0.39, 0.29) is 50.1 Å². The van der Waals surface area contributed by atoms with E-state index < -0.39 is 5.97 Å². The molecular formula is C19H24N2O5. The van der Waals surface area contributed by atoms with Crippen LogP contribution < -0.4 is 0 Å². The monoisotopic (exact) mass is 360 g/mol. The van der Waals surface area contributed by atoms with Crippen LogP contribution in [-0.2, 0) is 36.9 Å². The van der Waals surface area contributed by atoms with Gasteiger partial charge in [-0.1, -0.05) is 31.2 Å². The molecule has 140 valence electrons. The predicted molar refractivity (Wildman–Crippen MR) is 93.8 cm³/mol. The fourth-order valence-corrected chi connectivity index (χ4v) is 2.64. The van der Waals surface area contributed by atoms with E-state index >= 15 is 0 Å². The second-order valence-electron chi connectivity index (χ2n) is 6.27. The summed E-state index contributed by atoms with van der Waals surface area (Å²) in [6, 6.07) is 7.99. The van der Waals surface area contributed by atoms with Crippen molar-refractivity contribution in [3.63, 3.8) is 0 Å². The molecule has 2 rings (SSSR count). The maximum Gasteiger partial charge on any atom is 0.308 e. The van der Waals surface area contributed by atoms with Crippen molar-refractivity contribution in [2.45, 2.75) is 39.2 Å². The lowest BCUT2D eigenvalue weighted by Gasteiger charge is -2.18. The number of esters is 1. The van der Waals surface area contributed by atoms with Crippen LogP contribution in [0.5, 0.6) is 0 Å². The number of imide groups is 1. The van der Waals surface area contributed by atoms with Gasteiger partial charge >= 0.3 is 5.97 Å². The van der Waals surface area contributed by atoms with Gasteiger partial charge in [0.1, 0.15) is 0 Å². The van der Waals surface area contributed by atoms with E-state index in [1.165, 1.54) is 10.5 Å². The maximum atomic E-state index is 12.1. The van der Waals surface area contributed by atoms with Crippen LogP contribution in [0.15, 0.2) is 24.3 Å². The van der Waals surface area contributed by atoms with E-state index in [4.69, 9.17) is 4.74 Å². The van der Waals surface area contributed by atoms with Crippen molar-refractivity contribution in [2.24, 2.45) is 0 Å². The van der Waals surface area contributed by atoms with Gasteiger partial charge in [0, 0.05) is 33.0 Å². The minimum Gasteiger partial charge on any atom is -0.456 e. The molecule has 0 atom stereocenters. The van der Waals surface area contributed by atoms with Crippen molar-refractivity contribution in [1.29, 1.82) is 0 Å². The molecular weight excluding hydrogens is 336 g/mol. The second kappa shape index (κ2) is 9.12. The van der Waals surface area contributed by atoms with Crippen LogP contribution >= 0.6 is 0 Å². The minimum absolute atomic E-state index is 0.00427. The Morgan fingerprint density at radius 1 is 1.08 bits per heavy atom. The van der Waals surface area contributed by atoms with Crippen LogP contribution in [-0.4, -0.2) is 53.7 Å². The van der Waals surface area contributed by atoms with E-state index in [1.54, 1.807) is 7.05 Å². The lowest BCUT2D eigenvalue weighted by Crippen LogP contribution is -2.33. The largest absolute Gasteiger partial charge is 0.456 e. The molecule has 0 radical (unpaired) electrons. The second-order valence-corrected chi connectivity index (χ2v) is 6.27. The van der Waals surface area contributed by atoms with Crippen LogP contribution in [0.2, 0.25) is 0 Å². The summed E-state index contributed by atoms with van der Waals surface area (Å²) in [6.07, 6.45) is 1.24. The van der Waals surface area contributed by atoms with Gasteiger partial charge in [-0.15, -0.1) is 0 Å². The summed E-state index contributed by atoms with van der Waals surface area (Å²) >= 11 is 0. The predicted octanol–water partition coefficient (Wildman–Crippen LogP) is 1.29. The summed E-state index contributed by atoms with van der Waals surface area (Å²) in [5.74, 6) is -1.46. The molecule has 1 aliphatic rings. The molecule has 26 heavy (non-hydrogen) atoms. The third-order valence-corrected chi connectivity index (χ3v) is 4.33. The molecule has 3 amide bonds. The molecule has 1 fully saturated rings. The van der Waals surface area contributed by atoms with Gasteiger partial charge in [-0.3, -0.25) is 24.1 Å². The fraction of sp³-hybridized carbons (Fsp3) is 0.474. The van der Waals surface area contributed by atoms with Gasteiger partial charge in [-0.25, -0.2) is 0 Å². The van der Waals surface area contributed by atoms with Crippen molar-refractivity contribution >= 4 is 23.7 Å². The topological polar surface area (TPSA) is 84.0 Å². The molecule has 0 bridgehead atoms. The Morgan fingerprint density at radius 2 is 1.65 bits per heavy atom. The van der Waals surface area contributed by atoms with Crippen molar-refractivity contribution in [3.8, 4) is 0 Å². The van der Waals surface area contributed by atoms with Crippen LogP contribution in [0.4, 0.5) is 0 Å². The van der Waals surface area contributed by atoms with Gasteiger partial charge in [0.2, 0.25) is 11.8 Å². The highest BCUT2D eigenvalue weighted by Crippen LogP contribution is 2.12. The number of ether oxygens (including phenoxy) is 1. The highest BCUT2D eigenvalue weighted by molar-refractivity contribution is 6.02. The molecule has 0 aliphatic carbocycles. The van der Waals surface area contributed by atoms with Gasteiger partial charge in [-0.2, -0.15) is 0 Å². The molecule has 7 nitrogen and oxygen atoms in total. The number of likely N-dealkylation sites (N-methyl/N-ethyl adjacent to an activating group) is 1. The zero-order chi connectivity index (χ0) is 19.1. The Balaban J connectivity index is 1.71. The smallest absolute Gasteiger partial charge is 0.308 e. The summed E-state index contributed by atoms with van der Waals surface area (Å²) < 4.78 is 4.95. The number of rotatable bonds is 8.